The number of aromatic nitrogens is 1. The van der Waals surface area contributed by atoms with Crippen molar-refractivity contribution in [3.05, 3.63) is 71.7 Å². The fourth-order valence-electron chi connectivity index (χ4n) is 3.59. The van der Waals surface area contributed by atoms with E-state index >= 15 is 0 Å². The lowest BCUT2D eigenvalue weighted by molar-refractivity contribution is -0.118. The lowest BCUT2D eigenvalue weighted by Gasteiger charge is -2.21. The highest BCUT2D eigenvalue weighted by molar-refractivity contribution is 7.13. The van der Waals surface area contributed by atoms with Crippen molar-refractivity contribution in [3.8, 4) is 22.1 Å². The average molecular weight is 433 g/mol. The number of fused-ring (bicyclic) bond motifs is 1. The van der Waals surface area contributed by atoms with E-state index < -0.39 is 0 Å². The van der Waals surface area contributed by atoms with E-state index in [0.717, 1.165) is 32.7 Å². The zero-order chi connectivity index (χ0) is 21.8. The number of rotatable bonds is 7. The van der Waals surface area contributed by atoms with Crippen molar-refractivity contribution >= 4 is 33.7 Å². The molecule has 3 aromatic carbocycles. The second-order valence-corrected chi connectivity index (χ2v) is 7.92. The van der Waals surface area contributed by atoms with E-state index in [9.17, 15) is 4.79 Å². The maximum absolute atomic E-state index is 13.1. The third kappa shape index (κ3) is 4.39. The molecule has 0 aliphatic carbocycles. The van der Waals surface area contributed by atoms with Crippen molar-refractivity contribution in [2.75, 3.05) is 25.7 Å². The molecule has 0 N–H and O–H groups in total. The second-order valence-electron chi connectivity index (χ2n) is 7.06. The topological polar surface area (TPSA) is 51.7 Å². The molecular weight excluding hydrogens is 408 g/mol. The lowest BCUT2D eigenvalue weighted by Crippen LogP contribution is -2.32. The summed E-state index contributed by atoms with van der Waals surface area (Å²) in [4.78, 5) is 19.6. The molecule has 0 spiro atoms. The van der Waals surface area contributed by atoms with Crippen LogP contribution in [0.15, 0.2) is 66.0 Å². The van der Waals surface area contributed by atoms with Gasteiger partial charge in [-0.2, -0.15) is 0 Å². The summed E-state index contributed by atoms with van der Waals surface area (Å²) in [6, 6.07) is 20.0. The third-order valence-electron chi connectivity index (χ3n) is 5.18. The minimum atomic E-state index is 0.0296. The van der Waals surface area contributed by atoms with Crippen LogP contribution in [0.1, 0.15) is 12.6 Å². The van der Waals surface area contributed by atoms with Gasteiger partial charge >= 0.3 is 0 Å². The molecule has 1 aromatic heterocycles. The van der Waals surface area contributed by atoms with Crippen molar-refractivity contribution in [1.82, 2.24) is 4.98 Å². The highest BCUT2D eigenvalue weighted by Gasteiger charge is 2.17. The first-order valence-corrected chi connectivity index (χ1v) is 11.0. The Kier molecular flexibility index (Phi) is 6.18. The molecule has 0 bridgehead atoms. The largest absolute Gasteiger partial charge is 0.493 e. The third-order valence-corrected chi connectivity index (χ3v) is 6.12. The number of carbonyl (C=O) groups is 1. The molecule has 0 aliphatic heterocycles. The number of ether oxygens (including phenoxy) is 2. The first-order chi connectivity index (χ1) is 15.1. The van der Waals surface area contributed by atoms with Gasteiger partial charge in [-0.1, -0.05) is 30.3 Å². The van der Waals surface area contributed by atoms with E-state index in [0.29, 0.717) is 18.0 Å². The Hall–Kier alpha value is -3.38. The fraction of sp³-hybridized carbons (Fsp3) is 0.200. The summed E-state index contributed by atoms with van der Waals surface area (Å²) in [6.45, 7) is 2.59. The van der Waals surface area contributed by atoms with Crippen molar-refractivity contribution in [1.29, 1.82) is 0 Å². The first kappa shape index (κ1) is 20.9. The van der Waals surface area contributed by atoms with Crippen LogP contribution < -0.4 is 14.4 Å². The summed E-state index contributed by atoms with van der Waals surface area (Å²) in [6.07, 6.45) is 0.254. The molecule has 0 aliphatic rings. The first-order valence-electron chi connectivity index (χ1n) is 10.1. The molecule has 0 radical (unpaired) electrons. The van der Waals surface area contributed by atoms with Crippen molar-refractivity contribution in [3.63, 3.8) is 0 Å². The van der Waals surface area contributed by atoms with Gasteiger partial charge in [-0.15, -0.1) is 11.3 Å². The molecule has 158 valence electrons. The molecule has 6 heteroatoms. The quantitative estimate of drug-likeness (QED) is 0.383. The molecule has 0 atom stereocenters. The number of hydrogen-bond donors (Lipinski definition) is 0. The van der Waals surface area contributed by atoms with Crippen molar-refractivity contribution in [2.45, 2.75) is 13.3 Å². The molecular formula is C25H24N2O3S. The Bertz CT molecular complexity index is 1220. The monoisotopic (exact) mass is 432 g/mol. The van der Waals surface area contributed by atoms with Gasteiger partial charge in [0.05, 0.1) is 26.3 Å². The summed E-state index contributed by atoms with van der Waals surface area (Å²) >= 11 is 1.52. The fourth-order valence-corrected chi connectivity index (χ4v) is 4.40. The van der Waals surface area contributed by atoms with Gasteiger partial charge in [-0.25, -0.2) is 4.98 Å². The van der Waals surface area contributed by atoms with Crippen LogP contribution in [0.3, 0.4) is 0 Å². The van der Waals surface area contributed by atoms with E-state index in [1.54, 1.807) is 14.2 Å². The number of nitrogens with zero attached hydrogens (tertiary/aromatic N) is 2. The van der Waals surface area contributed by atoms with E-state index in [2.05, 4.69) is 29.2 Å². The number of amides is 1. The Balaban J connectivity index is 1.53. The van der Waals surface area contributed by atoms with Crippen molar-refractivity contribution in [2.24, 2.45) is 0 Å². The van der Waals surface area contributed by atoms with Gasteiger partial charge < -0.3 is 14.4 Å². The standard InChI is InChI=1S/C25H24N2O3S/c1-4-27(21-11-9-17-7-5-6-8-18(17)13-21)24(28)15-20-16-31-25(26-20)19-10-12-22(29-2)23(14-19)30-3/h5-14,16H,4,15H2,1-3H3. The molecule has 5 nitrogen and oxygen atoms in total. The van der Waals surface area contributed by atoms with Crippen LogP contribution in [0.25, 0.3) is 21.3 Å². The number of hydrogen-bond acceptors (Lipinski definition) is 5. The highest BCUT2D eigenvalue weighted by Crippen LogP contribution is 2.33. The van der Waals surface area contributed by atoms with Crippen molar-refractivity contribution < 1.29 is 14.3 Å². The van der Waals surface area contributed by atoms with E-state index in [1.807, 2.05) is 53.6 Å². The van der Waals surface area contributed by atoms with Gasteiger partial charge in [0.25, 0.3) is 0 Å². The van der Waals surface area contributed by atoms with Crippen LogP contribution in [0, 0.1) is 0 Å². The summed E-state index contributed by atoms with van der Waals surface area (Å²) in [5.74, 6) is 1.36. The van der Waals surface area contributed by atoms with Gasteiger partial charge in [0.1, 0.15) is 5.01 Å². The van der Waals surface area contributed by atoms with Gasteiger partial charge in [-0.05, 0) is 48.0 Å². The average Bonchev–Trinajstić information content (AvgIpc) is 3.27. The number of methoxy groups -OCH3 is 2. The zero-order valence-corrected chi connectivity index (χ0v) is 18.6. The SMILES string of the molecule is CCN(C(=O)Cc1csc(-c2ccc(OC)c(OC)c2)n1)c1ccc2ccccc2c1. The Labute approximate surface area is 185 Å². The summed E-state index contributed by atoms with van der Waals surface area (Å²) in [7, 11) is 3.22. The van der Waals surface area contributed by atoms with Gasteiger partial charge in [0.2, 0.25) is 5.91 Å². The van der Waals surface area contributed by atoms with E-state index in [4.69, 9.17) is 9.47 Å². The van der Waals surface area contributed by atoms with Crippen LogP contribution in [-0.2, 0) is 11.2 Å². The highest BCUT2D eigenvalue weighted by atomic mass is 32.1. The molecule has 4 rings (SSSR count). The maximum atomic E-state index is 13.1. The molecule has 4 aromatic rings. The Morgan fingerprint density at radius 2 is 1.74 bits per heavy atom. The number of likely N-dealkylation sites (N-methyl/N-ethyl adjacent to an activating group) is 1. The summed E-state index contributed by atoms with van der Waals surface area (Å²) < 4.78 is 10.7. The van der Waals surface area contributed by atoms with Crippen LogP contribution in [0.2, 0.25) is 0 Å². The van der Waals surface area contributed by atoms with E-state index in [-0.39, 0.29) is 12.3 Å². The van der Waals surface area contributed by atoms with Gasteiger partial charge in [0.15, 0.2) is 11.5 Å². The molecule has 31 heavy (non-hydrogen) atoms. The molecule has 0 saturated carbocycles. The maximum Gasteiger partial charge on any atom is 0.233 e. The number of benzene rings is 3. The normalized spacial score (nSPS) is 10.8. The zero-order valence-electron chi connectivity index (χ0n) is 17.8. The predicted molar refractivity (Wildman–Crippen MR) is 126 cm³/mol. The van der Waals surface area contributed by atoms with Gasteiger partial charge in [-0.3, -0.25) is 4.79 Å². The molecule has 0 unspecified atom stereocenters. The lowest BCUT2D eigenvalue weighted by atomic mass is 10.1. The molecule has 1 amide bonds. The molecule has 0 fully saturated rings. The summed E-state index contributed by atoms with van der Waals surface area (Å²) in [5.41, 5.74) is 2.60. The van der Waals surface area contributed by atoms with Crippen LogP contribution in [0.5, 0.6) is 11.5 Å². The van der Waals surface area contributed by atoms with E-state index in [1.165, 1.54) is 11.3 Å². The number of anilines is 1. The molecule has 1 heterocycles. The summed E-state index contributed by atoms with van der Waals surface area (Å²) in [5, 5.41) is 5.07. The molecule has 0 saturated heterocycles. The predicted octanol–water partition coefficient (Wildman–Crippen LogP) is 5.58. The minimum absolute atomic E-state index is 0.0296. The minimum Gasteiger partial charge on any atom is -0.493 e. The van der Waals surface area contributed by atoms with Crippen LogP contribution >= 0.6 is 11.3 Å². The van der Waals surface area contributed by atoms with Crippen LogP contribution in [-0.4, -0.2) is 31.7 Å². The second kappa shape index (κ2) is 9.18. The Morgan fingerprint density at radius 1 is 0.968 bits per heavy atom. The number of thiazole rings is 1. The van der Waals surface area contributed by atoms with Gasteiger partial charge in [0, 0.05) is 23.2 Å². The smallest absolute Gasteiger partial charge is 0.233 e. The number of carbonyl (C=O) groups excluding carboxylic acids is 1. The Morgan fingerprint density at radius 3 is 2.48 bits per heavy atom. The van der Waals surface area contributed by atoms with Crippen LogP contribution in [0.4, 0.5) is 5.69 Å².